The molecule has 0 saturated carbocycles. The minimum atomic E-state index is 0.128. The van der Waals surface area contributed by atoms with Gasteiger partial charge in [-0.25, -0.2) is 0 Å². The Morgan fingerprint density at radius 3 is 2.91 bits per heavy atom. The molecule has 4 heteroatoms. The van der Waals surface area contributed by atoms with Gasteiger partial charge in [-0.2, -0.15) is 0 Å². The topological polar surface area (TPSA) is 34.6 Å². The third-order valence-corrected chi connectivity index (χ3v) is 5.58. The number of rotatable bonds is 6. The van der Waals surface area contributed by atoms with Gasteiger partial charge in [-0.15, -0.1) is 0 Å². The molecule has 2 aliphatic heterocycles. The predicted molar refractivity (Wildman–Crippen MR) is 91.2 cm³/mol. The van der Waals surface area contributed by atoms with Crippen molar-refractivity contribution in [1.29, 1.82) is 0 Å². The average Bonchev–Trinajstić information content (AvgIpc) is 2.95. The number of aromatic nitrogens is 1. The highest BCUT2D eigenvalue weighted by Gasteiger charge is 2.45. The molecule has 1 spiro atoms. The Bertz CT molecular complexity index is 470. The molecule has 1 atom stereocenters. The van der Waals surface area contributed by atoms with E-state index in [9.17, 15) is 0 Å². The Kier molecular flexibility index (Phi) is 5.67. The normalized spacial score (nSPS) is 24.6. The summed E-state index contributed by atoms with van der Waals surface area (Å²) >= 11 is 0. The van der Waals surface area contributed by atoms with E-state index in [1.165, 1.54) is 32.4 Å². The van der Waals surface area contributed by atoms with Crippen molar-refractivity contribution in [2.45, 2.75) is 57.8 Å². The molecule has 3 rings (SSSR count). The van der Waals surface area contributed by atoms with E-state index in [0.717, 1.165) is 25.2 Å². The molecule has 4 nitrogen and oxygen atoms in total. The number of hydrogen-bond acceptors (Lipinski definition) is 4. The van der Waals surface area contributed by atoms with E-state index in [0.29, 0.717) is 18.6 Å². The summed E-state index contributed by atoms with van der Waals surface area (Å²) in [6.45, 7) is 9.33. The largest absolute Gasteiger partial charge is 0.377 e. The zero-order valence-corrected chi connectivity index (χ0v) is 14.5. The zero-order chi connectivity index (χ0) is 16.1. The van der Waals surface area contributed by atoms with Crippen LogP contribution in [0.25, 0.3) is 0 Å². The highest BCUT2D eigenvalue weighted by molar-refractivity contribution is 5.06. The third kappa shape index (κ3) is 4.11. The van der Waals surface area contributed by atoms with Gasteiger partial charge < -0.3 is 14.4 Å². The number of likely N-dealkylation sites (tertiary alicyclic amines) is 1. The van der Waals surface area contributed by atoms with E-state index in [2.05, 4.69) is 29.8 Å². The van der Waals surface area contributed by atoms with Gasteiger partial charge in [0.25, 0.3) is 0 Å². The molecule has 2 saturated heterocycles. The molecule has 0 amide bonds. The monoisotopic (exact) mass is 318 g/mol. The Morgan fingerprint density at radius 2 is 2.22 bits per heavy atom. The lowest BCUT2D eigenvalue weighted by atomic mass is 9.78. The molecule has 2 fully saturated rings. The molecule has 1 aromatic heterocycles. The molecule has 0 aromatic carbocycles. The van der Waals surface area contributed by atoms with E-state index < -0.39 is 0 Å². The fourth-order valence-corrected chi connectivity index (χ4v) is 4.06. The van der Waals surface area contributed by atoms with Gasteiger partial charge in [0.15, 0.2) is 0 Å². The van der Waals surface area contributed by atoms with Gasteiger partial charge in [-0.05, 0) is 57.1 Å². The first kappa shape index (κ1) is 16.9. The summed E-state index contributed by atoms with van der Waals surface area (Å²) in [5.41, 5.74) is 1.28. The first-order chi connectivity index (χ1) is 11.2. The molecular weight excluding hydrogens is 288 g/mol. The van der Waals surface area contributed by atoms with Crippen LogP contribution in [0, 0.1) is 5.92 Å². The van der Waals surface area contributed by atoms with E-state index >= 15 is 0 Å². The fourth-order valence-electron chi connectivity index (χ4n) is 4.06. The molecule has 1 aromatic rings. The first-order valence-electron chi connectivity index (χ1n) is 9.04. The van der Waals surface area contributed by atoms with Crippen LogP contribution in [0.5, 0.6) is 0 Å². The number of piperidine rings is 1. The standard InChI is InChI=1S/C19H30N2O2/c1-16(2)21-10-7-19(8-11-21)18(6-13-23-19)5-12-22-15-17-4-3-9-20-14-17/h3-4,9,14,16,18H,5-8,10-13,15H2,1-2H3/t18-/m0/s1. The summed E-state index contributed by atoms with van der Waals surface area (Å²) in [5.74, 6) is 0.658. The second-order valence-electron chi connectivity index (χ2n) is 7.23. The van der Waals surface area contributed by atoms with Crippen molar-refractivity contribution < 1.29 is 9.47 Å². The van der Waals surface area contributed by atoms with E-state index in [1.54, 1.807) is 6.20 Å². The number of pyridine rings is 1. The second-order valence-corrected chi connectivity index (χ2v) is 7.23. The molecule has 3 heterocycles. The summed E-state index contributed by atoms with van der Waals surface area (Å²) in [6, 6.07) is 4.67. The Labute approximate surface area is 140 Å². The summed E-state index contributed by atoms with van der Waals surface area (Å²) in [5, 5.41) is 0. The summed E-state index contributed by atoms with van der Waals surface area (Å²) in [7, 11) is 0. The zero-order valence-electron chi connectivity index (χ0n) is 14.5. The summed E-state index contributed by atoms with van der Waals surface area (Å²) < 4.78 is 12.1. The van der Waals surface area contributed by atoms with Gasteiger partial charge in [0.1, 0.15) is 0 Å². The highest BCUT2D eigenvalue weighted by atomic mass is 16.5. The lowest BCUT2D eigenvalue weighted by Crippen LogP contribution is -2.49. The van der Waals surface area contributed by atoms with Crippen molar-refractivity contribution in [3.63, 3.8) is 0 Å². The van der Waals surface area contributed by atoms with Crippen molar-refractivity contribution >= 4 is 0 Å². The molecular formula is C19H30N2O2. The first-order valence-corrected chi connectivity index (χ1v) is 9.04. The predicted octanol–water partition coefficient (Wildman–Crippen LogP) is 3.27. The maximum Gasteiger partial charge on any atom is 0.0736 e. The number of ether oxygens (including phenoxy) is 2. The second kappa shape index (κ2) is 7.73. The lowest BCUT2D eigenvalue weighted by molar-refractivity contribution is -0.0761. The van der Waals surface area contributed by atoms with Gasteiger partial charge >= 0.3 is 0 Å². The summed E-state index contributed by atoms with van der Waals surface area (Å²) in [6.07, 6.45) is 8.34. The molecule has 0 unspecified atom stereocenters. The Hall–Kier alpha value is -0.970. The minimum absolute atomic E-state index is 0.128. The van der Waals surface area contributed by atoms with E-state index in [4.69, 9.17) is 9.47 Å². The maximum atomic E-state index is 6.25. The van der Waals surface area contributed by atoms with E-state index in [-0.39, 0.29) is 5.60 Å². The van der Waals surface area contributed by atoms with E-state index in [1.807, 2.05) is 12.3 Å². The molecule has 0 radical (unpaired) electrons. The molecule has 128 valence electrons. The van der Waals surface area contributed by atoms with Crippen LogP contribution in [0.1, 0.15) is 45.1 Å². The average molecular weight is 318 g/mol. The van der Waals surface area contributed by atoms with Gasteiger partial charge in [-0.3, -0.25) is 4.98 Å². The van der Waals surface area contributed by atoms with Crippen LogP contribution in [0.4, 0.5) is 0 Å². The van der Waals surface area contributed by atoms with Crippen LogP contribution in [0.15, 0.2) is 24.5 Å². The van der Waals surface area contributed by atoms with Crippen LogP contribution in [0.2, 0.25) is 0 Å². The number of nitrogens with zero attached hydrogens (tertiary/aromatic N) is 2. The summed E-state index contributed by atoms with van der Waals surface area (Å²) in [4.78, 5) is 6.70. The third-order valence-electron chi connectivity index (χ3n) is 5.58. The van der Waals surface area contributed by atoms with Crippen LogP contribution in [-0.4, -0.2) is 47.8 Å². The smallest absolute Gasteiger partial charge is 0.0736 e. The Morgan fingerprint density at radius 1 is 1.39 bits per heavy atom. The van der Waals surface area contributed by atoms with Crippen molar-refractivity contribution in [3.8, 4) is 0 Å². The number of hydrogen-bond donors (Lipinski definition) is 0. The van der Waals surface area contributed by atoms with Crippen LogP contribution in [0.3, 0.4) is 0 Å². The molecule has 2 aliphatic rings. The van der Waals surface area contributed by atoms with Crippen LogP contribution in [-0.2, 0) is 16.1 Å². The molecule has 23 heavy (non-hydrogen) atoms. The molecule has 0 bridgehead atoms. The molecule has 0 N–H and O–H groups in total. The molecule has 0 aliphatic carbocycles. The van der Waals surface area contributed by atoms with Crippen LogP contribution < -0.4 is 0 Å². The van der Waals surface area contributed by atoms with Crippen molar-refractivity contribution in [2.24, 2.45) is 5.92 Å². The van der Waals surface area contributed by atoms with Gasteiger partial charge in [-0.1, -0.05) is 6.07 Å². The van der Waals surface area contributed by atoms with Gasteiger partial charge in [0.2, 0.25) is 0 Å². The Balaban J connectivity index is 1.44. The van der Waals surface area contributed by atoms with Crippen LogP contribution >= 0.6 is 0 Å². The fraction of sp³-hybridized carbons (Fsp3) is 0.737. The van der Waals surface area contributed by atoms with Crippen molar-refractivity contribution in [1.82, 2.24) is 9.88 Å². The van der Waals surface area contributed by atoms with Gasteiger partial charge in [0.05, 0.1) is 12.2 Å². The van der Waals surface area contributed by atoms with Crippen molar-refractivity contribution in [2.75, 3.05) is 26.3 Å². The minimum Gasteiger partial charge on any atom is -0.377 e. The van der Waals surface area contributed by atoms with Gasteiger partial charge in [0, 0.05) is 44.7 Å². The lowest BCUT2D eigenvalue weighted by Gasteiger charge is -2.43. The van der Waals surface area contributed by atoms with Crippen molar-refractivity contribution in [3.05, 3.63) is 30.1 Å². The highest BCUT2D eigenvalue weighted by Crippen LogP contribution is 2.42. The quantitative estimate of drug-likeness (QED) is 0.754. The SMILES string of the molecule is CC(C)N1CCC2(CC1)OCC[C@@H]2CCOCc1cccnc1. The maximum absolute atomic E-state index is 6.25.